The fourth-order valence-electron chi connectivity index (χ4n) is 3.13. The molecule has 0 radical (unpaired) electrons. The molecule has 3 aromatic heterocycles. The van der Waals surface area contributed by atoms with Gasteiger partial charge in [0.1, 0.15) is 5.69 Å². The fourth-order valence-corrected chi connectivity index (χ4v) is 3.13. The number of rotatable bonds is 6. The average molecular weight is 336 g/mol. The normalized spacial score (nSPS) is 14.8. The van der Waals surface area contributed by atoms with Crippen molar-refractivity contribution >= 4 is 16.7 Å². The van der Waals surface area contributed by atoms with Crippen molar-refractivity contribution in [2.24, 2.45) is 0 Å². The Hall–Kier alpha value is -2.60. The molecule has 25 heavy (non-hydrogen) atoms. The first-order valence-electron chi connectivity index (χ1n) is 8.55. The Kier molecular flexibility index (Phi) is 4.28. The summed E-state index contributed by atoms with van der Waals surface area (Å²) in [5, 5.41) is 0.936. The molecule has 0 saturated heterocycles. The molecule has 0 aliphatic heterocycles. The van der Waals surface area contributed by atoms with Gasteiger partial charge in [-0.1, -0.05) is 6.42 Å². The number of aromatic nitrogens is 3. The Morgan fingerprint density at radius 3 is 2.92 bits per heavy atom. The number of nitrogens with zero attached hydrogens (tertiary/aromatic N) is 4. The second-order valence-electron chi connectivity index (χ2n) is 6.65. The van der Waals surface area contributed by atoms with Crippen LogP contribution < -0.4 is 0 Å². The number of ketones is 1. The van der Waals surface area contributed by atoms with Gasteiger partial charge in [-0.15, -0.1) is 0 Å². The van der Waals surface area contributed by atoms with E-state index in [1.807, 2.05) is 25.2 Å². The molecule has 128 valence electrons. The first kappa shape index (κ1) is 15.9. The number of hydrogen-bond donors (Lipinski definition) is 0. The Morgan fingerprint density at radius 1 is 1.32 bits per heavy atom. The van der Waals surface area contributed by atoms with Gasteiger partial charge in [0.2, 0.25) is 0 Å². The molecule has 0 atom stereocenters. The highest BCUT2D eigenvalue weighted by molar-refractivity contribution is 5.85. The van der Waals surface area contributed by atoms with E-state index >= 15 is 0 Å². The van der Waals surface area contributed by atoms with Crippen LogP contribution in [0.4, 0.5) is 0 Å². The zero-order valence-electron chi connectivity index (χ0n) is 14.2. The molecular weight excluding hydrogens is 316 g/mol. The number of oxazole rings is 1. The molecular formula is C19H20N4O2. The predicted molar refractivity (Wildman–Crippen MR) is 94.0 cm³/mol. The van der Waals surface area contributed by atoms with Gasteiger partial charge in [-0.2, -0.15) is 0 Å². The van der Waals surface area contributed by atoms with Crippen LogP contribution in [0.2, 0.25) is 0 Å². The third kappa shape index (κ3) is 3.44. The molecule has 0 unspecified atom stereocenters. The second kappa shape index (κ2) is 6.72. The predicted octanol–water partition coefficient (Wildman–Crippen LogP) is 2.88. The highest BCUT2D eigenvalue weighted by atomic mass is 16.3. The van der Waals surface area contributed by atoms with Crippen molar-refractivity contribution < 1.29 is 9.21 Å². The largest absolute Gasteiger partial charge is 0.442 e. The third-order valence-corrected chi connectivity index (χ3v) is 4.82. The van der Waals surface area contributed by atoms with Crippen molar-refractivity contribution in [2.45, 2.75) is 31.7 Å². The van der Waals surface area contributed by atoms with Crippen LogP contribution in [0.25, 0.3) is 22.4 Å². The third-order valence-electron chi connectivity index (χ3n) is 4.82. The van der Waals surface area contributed by atoms with Crippen molar-refractivity contribution in [1.29, 1.82) is 0 Å². The Bertz CT molecular complexity index is 888. The number of carbonyl (C=O) groups is 1. The number of hydrogen-bond acceptors (Lipinski definition) is 6. The molecule has 3 aromatic rings. The molecule has 1 fully saturated rings. The fraction of sp³-hybridized carbons (Fsp3) is 0.368. The van der Waals surface area contributed by atoms with Crippen LogP contribution in [-0.4, -0.2) is 45.3 Å². The molecule has 1 saturated carbocycles. The Morgan fingerprint density at radius 2 is 2.20 bits per heavy atom. The van der Waals surface area contributed by atoms with E-state index in [1.54, 1.807) is 12.4 Å². The van der Waals surface area contributed by atoms with E-state index in [9.17, 15) is 4.79 Å². The summed E-state index contributed by atoms with van der Waals surface area (Å²) in [5.74, 6) is 0.811. The number of Topliss-reactive ketones (excluding diaryl/α,β-unsaturated/α-hetero) is 1. The topological polar surface area (TPSA) is 72.1 Å². The van der Waals surface area contributed by atoms with Crippen LogP contribution >= 0.6 is 0 Å². The summed E-state index contributed by atoms with van der Waals surface area (Å²) in [6.07, 6.45) is 8.80. The summed E-state index contributed by atoms with van der Waals surface area (Å²) in [7, 11) is 2.03. The summed E-state index contributed by atoms with van der Waals surface area (Å²) < 4.78 is 5.30. The van der Waals surface area contributed by atoms with E-state index < -0.39 is 0 Å². The van der Waals surface area contributed by atoms with Crippen molar-refractivity contribution in [2.75, 3.05) is 13.6 Å². The zero-order valence-corrected chi connectivity index (χ0v) is 14.2. The molecule has 3 heterocycles. The van der Waals surface area contributed by atoms with Crippen LogP contribution in [0.3, 0.4) is 0 Å². The molecule has 0 N–H and O–H groups in total. The molecule has 0 amide bonds. The summed E-state index contributed by atoms with van der Waals surface area (Å²) in [6, 6.07) is 6.28. The van der Waals surface area contributed by atoms with Crippen LogP contribution in [0.1, 0.15) is 25.0 Å². The smallest absolute Gasteiger partial charge is 0.181 e. The quantitative estimate of drug-likeness (QED) is 0.689. The van der Waals surface area contributed by atoms with Crippen LogP contribution in [0, 0.1) is 0 Å². The van der Waals surface area contributed by atoms with Gasteiger partial charge in [0.15, 0.2) is 17.9 Å². The molecule has 4 rings (SSSR count). The lowest BCUT2D eigenvalue weighted by atomic mass is 9.91. The standard InChI is InChI=1S/C19H20N4O2/c1-23(15-3-2-4-15)11-16(24)7-14-8-18-13(9-21-14)5-6-17(22-18)19-10-20-12-25-19/h5-6,8-10,12,15H,2-4,7,11H2,1H3. The molecule has 1 aliphatic carbocycles. The molecule has 6 nitrogen and oxygen atoms in total. The lowest BCUT2D eigenvalue weighted by Crippen LogP contribution is -2.40. The van der Waals surface area contributed by atoms with Crippen molar-refractivity contribution in [3.05, 3.63) is 42.7 Å². The van der Waals surface area contributed by atoms with E-state index in [2.05, 4.69) is 19.9 Å². The van der Waals surface area contributed by atoms with Crippen LogP contribution in [-0.2, 0) is 11.2 Å². The van der Waals surface area contributed by atoms with E-state index in [4.69, 9.17) is 4.42 Å². The molecule has 0 bridgehead atoms. The maximum absolute atomic E-state index is 12.3. The minimum atomic E-state index is 0.188. The summed E-state index contributed by atoms with van der Waals surface area (Å²) in [6.45, 7) is 0.482. The van der Waals surface area contributed by atoms with Crippen molar-refractivity contribution in [3.8, 4) is 11.5 Å². The van der Waals surface area contributed by atoms with E-state index in [0.29, 0.717) is 24.8 Å². The minimum Gasteiger partial charge on any atom is -0.442 e. The highest BCUT2D eigenvalue weighted by Gasteiger charge is 2.23. The molecule has 0 aromatic carbocycles. The van der Waals surface area contributed by atoms with Crippen LogP contribution in [0.5, 0.6) is 0 Å². The molecule has 0 spiro atoms. The van der Waals surface area contributed by atoms with Gasteiger partial charge in [-0.05, 0) is 38.1 Å². The summed E-state index contributed by atoms with van der Waals surface area (Å²) in [5.41, 5.74) is 2.28. The van der Waals surface area contributed by atoms with Crippen LogP contribution in [0.15, 0.2) is 41.4 Å². The Labute approximate surface area is 145 Å². The maximum atomic E-state index is 12.3. The highest BCUT2D eigenvalue weighted by Crippen LogP contribution is 2.23. The van der Waals surface area contributed by atoms with Gasteiger partial charge >= 0.3 is 0 Å². The van der Waals surface area contributed by atoms with Gasteiger partial charge < -0.3 is 4.42 Å². The monoisotopic (exact) mass is 336 g/mol. The van der Waals surface area contributed by atoms with Gasteiger partial charge in [0.25, 0.3) is 0 Å². The minimum absolute atomic E-state index is 0.188. The zero-order chi connectivity index (χ0) is 17.2. The van der Waals surface area contributed by atoms with Crippen molar-refractivity contribution in [3.63, 3.8) is 0 Å². The Balaban J connectivity index is 1.50. The van der Waals surface area contributed by atoms with E-state index in [-0.39, 0.29) is 5.78 Å². The van der Waals surface area contributed by atoms with Gasteiger partial charge in [-0.25, -0.2) is 9.97 Å². The van der Waals surface area contributed by atoms with Gasteiger partial charge in [-0.3, -0.25) is 14.7 Å². The van der Waals surface area contributed by atoms with E-state index in [0.717, 1.165) is 22.3 Å². The first-order chi connectivity index (χ1) is 12.2. The van der Waals surface area contributed by atoms with E-state index in [1.165, 1.54) is 25.7 Å². The first-order valence-corrected chi connectivity index (χ1v) is 8.55. The van der Waals surface area contributed by atoms with Gasteiger partial charge in [0.05, 0.1) is 24.7 Å². The van der Waals surface area contributed by atoms with Gasteiger partial charge in [0, 0.05) is 23.3 Å². The lowest BCUT2D eigenvalue weighted by Gasteiger charge is -2.34. The average Bonchev–Trinajstić information content (AvgIpc) is 3.06. The number of pyridine rings is 2. The maximum Gasteiger partial charge on any atom is 0.181 e. The molecule has 1 aliphatic rings. The molecule has 6 heteroatoms. The summed E-state index contributed by atoms with van der Waals surface area (Å²) >= 11 is 0. The number of fused-ring (bicyclic) bond motifs is 1. The summed E-state index contributed by atoms with van der Waals surface area (Å²) in [4.78, 5) is 27.4. The number of likely N-dealkylation sites (N-methyl/N-ethyl adjacent to an activating group) is 1. The SMILES string of the molecule is CN(CC(=O)Cc1cc2nc(-c3cnco3)ccc2cn1)C1CCC1. The second-order valence-corrected chi connectivity index (χ2v) is 6.65. The lowest BCUT2D eigenvalue weighted by molar-refractivity contribution is -0.120. The van der Waals surface area contributed by atoms with Crippen molar-refractivity contribution in [1.82, 2.24) is 19.9 Å². The number of carbonyl (C=O) groups excluding carboxylic acids is 1.